The maximum absolute atomic E-state index is 12.3. The molecule has 1 fully saturated rings. The Morgan fingerprint density at radius 3 is 3.07 bits per heavy atom. The Labute approximate surface area is 167 Å². The van der Waals surface area contributed by atoms with Crippen LogP contribution in [-0.4, -0.2) is 37.5 Å². The summed E-state index contributed by atoms with van der Waals surface area (Å²) in [5.74, 6) is 0.789. The Bertz CT molecular complexity index is 1220. The van der Waals surface area contributed by atoms with E-state index in [1.54, 1.807) is 10.9 Å². The molecule has 1 amide bonds. The molecule has 0 aliphatic heterocycles. The van der Waals surface area contributed by atoms with E-state index < -0.39 is 0 Å². The first-order valence-corrected chi connectivity index (χ1v) is 9.75. The molecule has 29 heavy (non-hydrogen) atoms. The van der Waals surface area contributed by atoms with E-state index >= 15 is 0 Å². The number of hydrogen-bond donors (Lipinski definition) is 2. The molecule has 5 rings (SSSR count). The molecule has 1 saturated carbocycles. The van der Waals surface area contributed by atoms with Crippen LogP contribution in [0.3, 0.4) is 0 Å². The number of H-pyrrole nitrogens is 1. The lowest BCUT2D eigenvalue weighted by Gasteiger charge is -2.09. The highest BCUT2D eigenvalue weighted by Crippen LogP contribution is 2.43. The molecule has 148 valence electrons. The quantitative estimate of drug-likeness (QED) is 0.528. The maximum Gasteiger partial charge on any atom is 0.258 e. The van der Waals surface area contributed by atoms with Gasteiger partial charge >= 0.3 is 0 Å². The minimum atomic E-state index is -0.200. The largest absolute Gasteiger partial charge is 0.468 e. The van der Waals surface area contributed by atoms with E-state index in [4.69, 9.17) is 4.74 Å². The number of pyridine rings is 1. The summed E-state index contributed by atoms with van der Waals surface area (Å²) in [4.78, 5) is 16.9. The summed E-state index contributed by atoms with van der Waals surface area (Å²) in [5.41, 5.74) is 4.96. The summed E-state index contributed by atoms with van der Waals surface area (Å²) >= 11 is 0. The second kappa shape index (κ2) is 6.88. The van der Waals surface area contributed by atoms with Crippen molar-refractivity contribution in [3.8, 4) is 5.88 Å². The zero-order valence-electron chi connectivity index (χ0n) is 16.4. The summed E-state index contributed by atoms with van der Waals surface area (Å²) in [6.07, 6.45) is 4.14. The van der Waals surface area contributed by atoms with Crippen LogP contribution in [0.15, 0.2) is 30.5 Å². The van der Waals surface area contributed by atoms with Crippen LogP contribution in [0.25, 0.3) is 21.9 Å². The van der Waals surface area contributed by atoms with Crippen LogP contribution in [0.1, 0.15) is 35.6 Å². The van der Waals surface area contributed by atoms with Gasteiger partial charge in [-0.1, -0.05) is 12.1 Å². The van der Waals surface area contributed by atoms with E-state index in [-0.39, 0.29) is 12.5 Å². The second-order valence-corrected chi connectivity index (χ2v) is 7.57. The van der Waals surface area contributed by atoms with Gasteiger partial charge in [-0.2, -0.15) is 15.2 Å². The fraction of sp³-hybridized carbons (Fsp3) is 0.333. The van der Waals surface area contributed by atoms with Crippen LogP contribution in [0.5, 0.6) is 5.88 Å². The number of nitrogens with zero attached hydrogens (tertiary/aromatic N) is 4. The lowest BCUT2D eigenvalue weighted by Crippen LogP contribution is -2.28. The molecule has 0 bridgehead atoms. The van der Waals surface area contributed by atoms with Gasteiger partial charge < -0.3 is 10.1 Å². The van der Waals surface area contributed by atoms with Crippen LogP contribution in [0.2, 0.25) is 0 Å². The summed E-state index contributed by atoms with van der Waals surface area (Å²) in [7, 11) is 1.90. The Morgan fingerprint density at radius 1 is 1.38 bits per heavy atom. The number of ether oxygens (including phenoxy) is 1. The Kier molecular flexibility index (Phi) is 4.19. The summed E-state index contributed by atoms with van der Waals surface area (Å²) < 4.78 is 7.48. The summed E-state index contributed by atoms with van der Waals surface area (Å²) in [6, 6.07) is 7.74. The monoisotopic (exact) mass is 390 g/mol. The smallest absolute Gasteiger partial charge is 0.258 e. The number of amides is 1. The highest BCUT2D eigenvalue weighted by Gasteiger charge is 2.30. The van der Waals surface area contributed by atoms with Gasteiger partial charge in [0.1, 0.15) is 0 Å². The first-order valence-electron chi connectivity index (χ1n) is 9.75. The number of carbonyl (C=O) groups is 1. The van der Waals surface area contributed by atoms with Gasteiger partial charge in [0.2, 0.25) is 5.88 Å². The van der Waals surface area contributed by atoms with Gasteiger partial charge in [-0.25, -0.2) is 0 Å². The van der Waals surface area contributed by atoms with E-state index in [1.807, 2.05) is 38.2 Å². The van der Waals surface area contributed by atoms with Crippen LogP contribution in [0, 0.1) is 6.92 Å². The predicted octanol–water partition coefficient (Wildman–Crippen LogP) is 2.73. The van der Waals surface area contributed by atoms with Crippen molar-refractivity contribution in [3.63, 3.8) is 0 Å². The van der Waals surface area contributed by atoms with Crippen molar-refractivity contribution < 1.29 is 9.53 Å². The molecule has 1 aliphatic carbocycles. The van der Waals surface area contributed by atoms with Gasteiger partial charge in [0.25, 0.3) is 5.91 Å². The lowest BCUT2D eigenvalue weighted by molar-refractivity contribution is -0.123. The Morgan fingerprint density at radius 2 is 2.24 bits per heavy atom. The van der Waals surface area contributed by atoms with Gasteiger partial charge in [0, 0.05) is 36.3 Å². The maximum atomic E-state index is 12.3. The normalized spacial score (nSPS) is 13.9. The highest BCUT2D eigenvalue weighted by molar-refractivity contribution is 5.84. The molecule has 1 aliphatic rings. The van der Waals surface area contributed by atoms with Gasteiger partial charge in [-0.3, -0.25) is 14.6 Å². The van der Waals surface area contributed by atoms with Gasteiger partial charge in [0.05, 0.1) is 17.4 Å². The average Bonchev–Trinajstić information content (AvgIpc) is 3.34. The molecule has 8 heteroatoms. The van der Waals surface area contributed by atoms with Gasteiger partial charge in [0.15, 0.2) is 12.3 Å². The van der Waals surface area contributed by atoms with Crippen LogP contribution >= 0.6 is 0 Å². The van der Waals surface area contributed by atoms with E-state index in [0.29, 0.717) is 18.3 Å². The van der Waals surface area contributed by atoms with Crippen molar-refractivity contribution >= 4 is 27.8 Å². The number of hydrogen-bond acceptors (Lipinski definition) is 5. The van der Waals surface area contributed by atoms with Crippen molar-refractivity contribution in [1.82, 2.24) is 30.3 Å². The third kappa shape index (κ3) is 3.30. The number of rotatable bonds is 6. The molecule has 3 heterocycles. The molecule has 0 radical (unpaired) electrons. The molecule has 2 N–H and O–H groups in total. The van der Waals surface area contributed by atoms with Crippen molar-refractivity contribution in [2.24, 2.45) is 7.05 Å². The molecule has 0 saturated heterocycles. The minimum Gasteiger partial charge on any atom is -0.468 e. The number of aromatic amines is 1. The molecule has 8 nitrogen and oxygen atoms in total. The number of aryl methyl sites for hydroxylation is 2. The lowest BCUT2D eigenvalue weighted by atomic mass is 10.1. The SMILES string of the molecule is Cc1cc(OCC(=O)NCc2cccc3[nH]ncc23)nc2c1c(C1CC1)nn2C. The Balaban J connectivity index is 1.26. The number of aromatic nitrogens is 5. The van der Waals surface area contributed by atoms with E-state index in [2.05, 4.69) is 25.6 Å². The molecular weight excluding hydrogens is 368 g/mol. The molecular formula is C21H22N6O2. The fourth-order valence-corrected chi connectivity index (χ4v) is 3.72. The van der Waals surface area contributed by atoms with E-state index in [1.165, 1.54) is 12.8 Å². The van der Waals surface area contributed by atoms with Gasteiger partial charge in [-0.15, -0.1) is 0 Å². The van der Waals surface area contributed by atoms with Gasteiger partial charge in [-0.05, 0) is 37.0 Å². The predicted molar refractivity (Wildman–Crippen MR) is 109 cm³/mol. The highest BCUT2D eigenvalue weighted by atomic mass is 16.5. The van der Waals surface area contributed by atoms with Crippen molar-refractivity contribution in [2.75, 3.05) is 6.61 Å². The third-order valence-electron chi connectivity index (χ3n) is 5.36. The molecule has 1 aromatic carbocycles. The van der Waals surface area contributed by atoms with Crippen molar-refractivity contribution in [1.29, 1.82) is 0 Å². The first-order chi connectivity index (χ1) is 14.1. The minimum absolute atomic E-state index is 0.0906. The average molecular weight is 390 g/mol. The third-order valence-corrected chi connectivity index (χ3v) is 5.36. The zero-order chi connectivity index (χ0) is 20.0. The molecule has 4 aromatic rings. The van der Waals surface area contributed by atoms with E-state index in [0.717, 1.165) is 38.8 Å². The number of carbonyl (C=O) groups excluding carboxylic acids is 1. The summed E-state index contributed by atoms with van der Waals surface area (Å²) in [6.45, 7) is 2.36. The van der Waals surface area contributed by atoms with Crippen LogP contribution in [-0.2, 0) is 18.4 Å². The van der Waals surface area contributed by atoms with Crippen molar-refractivity contribution in [2.45, 2.75) is 32.2 Å². The summed E-state index contributed by atoms with van der Waals surface area (Å²) in [5, 5.41) is 16.6. The zero-order valence-corrected chi connectivity index (χ0v) is 16.4. The molecule has 0 unspecified atom stereocenters. The van der Waals surface area contributed by atoms with Crippen molar-refractivity contribution in [3.05, 3.63) is 47.3 Å². The number of fused-ring (bicyclic) bond motifs is 2. The second-order valence-electron chi connectivity index (χ2n) is 7.57. The van der Waals surface area contributed by atoms with Crippen LogP contribution < -0.4 is 10.1 Å². The first kappa shape index (κ1) is 17.7. The van der Waals surface area contributed by atoms with E-state index in [9.17, 15) is 4.79 Å². The standard InChI is InChI=1S/C21H22N6O2/c1-12-8-18(24-21-19(12)20(13-6-7-13)26-27(21)2)29-11-17(28)22-9-14-4-3-5-16-15(14)10-23-25-16/h3-5,8,10,13H,6-7,9,11H2,1-2H3,(H,22,28)(H,23,25). The number of benzene rings is 1. The molecule has 0 spiro atoms. The Hall–Kier alpha value is -3.42. The number of nitrogens with one attached hydrogen (secondary N) is 2. The van der Waals surface area contributed by atoms with Crippen LogP contribution in [0.4, 0.5) is 0 Å². The topological polar surface area (TPSA) is 97.7 Å². The molecule has 0 atom stereocenters. The fourth-order valence-electron chi connectivity index (χ4n) is 3.72. The molecule has 3 aromatic heterocycles.